The van der Waals surface area contributed by atoms with E-state index < -0.39 is 0 Å². The number of nitrogens with zero attached hydrogens (tertiary/aromatic N) is 1. The van der Waals surface area contributed by atoms with Crippen molar-refractivity contribution in [2.75, 3.05) is 31.1 Å². The Morgan fingerprint density at radius 3 is 2.57 bits per heavy atom. The van der Waals surface area contributed by atoms with Crippen LogP contribution in [0, 0.1) is 18.8 Å². The monoisotopic (exact) mass is 304 g/mol. The van der Waals surface area contributed by atoms with E-state index in [4.69, 9.17) is 0 Å². The highest BCUT2D eigenvalue weighted by Gasteiger charge is 2.37. The van der Waals surface area contributed by atoms with Crippen LogP contribution in [0.15, 0.2) is 36.4 Å². The molecule has 116 valence electrons. The molecule has 0 radical (unpaired) electrons. The van der Waals surface area contributed by atoms with Crippen LogP contribution in [0.5, 0.6) is 0 Å². The number of hydrogen-bond acceptors (Lipinski definition) is 3. The van der Waals surface area contributed by atoms with Crippen LogP contribution in [0.4, 0.5) is 5.69 Å². The van der Waals surface area contributed by atoms with Crippen molar-refractivity contribution in [3.63, 3.8) is 0 Å². The fourth-order valence-corrected chi connectivity index (χ4v) is 4.55. The van der Waals surface area contributed by atoms with Crippen LogP contribution in [-0.4, -0.2) is 32.0 Å². The molecule has 3 heteroatoms. The second kappa shape index (κ2) is 4.68. The SMILES string of the molecule is Cc1cccc2c1C(=O)c1cc(N3CC4CNCC4C3)ccc1-2. The average molecular weight is 304 g/mol. The molecule has 5 rings (SSSR count). The molecule has 0 spiro atoms. The minimum absolute atomic E-state index is 0.191. The highest BCUT2D eigenvalue weighted by Crippen LogP contribution is 2.40. The van der Waals surface area contributed by atoms with Crippen LogP contribution in [0.1, 0.15) is 21.5 Å². The number of ketones is 1. The van der Waals surface area contributed by atoms with Gasteiger partial charge >= 0.3 is 0 Å². The molecule has 2 atom stereocenters. The predicted molar refractivity (Wildman–Crippen MR) is 92.1 cm³/mol. The molecular weight excluding hydrogens is 284 g/mol. The number of carbonyl (C=O) groups is 1. The van der Waals surface area contributed by atoms with Gasteiger partial charge in [0.25, 0.3) is 0 Å². The Kier molecular flexibility index (Phi) is 2.71. The van der Waals surface area contributed by atoms with Gasteiger partial charge in [0.05, 0.1) is 0 Å². The third kappa shape index (κ3) is 1.83. The molecular formula is C20H20N2O. The first-order valence-electron chi connectivity index (χ1n) is 8.47. The number of hydrogen-bond donors (Lipinski definition) is 1. The molecule has 2 aromatic carbocycles. The number of carbonyl (C=O) groups excluding carboxylic acids is 1. The summed E-state index contributed by atoms with van der Waals surface area (Å²) in [7, 11) is 0. The summed E-state index contributed by atoms with van der Waals surface area (Å²) >= 11 is 0. The fourth-order valence-electron chi connectivity index (χ4n) is 4.55. The van der Waals surface area contributed by atoms with Crippen molar-refractivity contribution in [1.29, 1.82) is 0 Å². The quantitative estimate of drug-likeness (QED) is 0.750. The van der Waals surface area contributed by atoms with E-state index in [1.165, 1.54) is 5.69 Å². The number of benzene rings is 2. The minimum atomic E-state index is 0.191. The zero-order chi connectivity index (χ0) is 15.6. The van der Waals surface area contributed by atoms with E-state index in [1.807, 2.05) is 19.1 Å². The lowest BCUT2D eigenvalue weighted by atomic mass is 10.0. The summed E-state index contributed by atoms with van der Waals surface area (Å²) in [5.41, 5.74) is 6.24. The Balaban J connectivity index is 1.54. The van der Waals surface area contributed by atoms with Gasteiger partial charge in [-0.15, -0.1) is 0 Å². The molecule has 2 aromatic rings. The third-order valence-electron chi connectivity index (χ3n) is 5.79. The number of fused-ring (bicyclic) bond motifs is 4. The zero-order valence-electron chi connectivity index (χ0n) is 13.3. The molecule has 0 aromatic heterocycles. The molecule has 3 aliphatic rings. The second-order valence-electron chi connectivity index (χ2n) is 7.14. The summed E-state index contributed by atoms with van der Waals surface area (Å²) in [4.78, 5) is 15.3. The van der Waals surface area contributed by atoms with Crippen molar-refractivity contribution in [2.45, 2.75) is 6.92 Å². The molecule has 0 amide bonds. The van der Waals surface area contributed by atoms with Crippen molar-refractivity contribution in [3.05, 3.63) is 53.1 Å². The van der Waals surface area contributed by atoms with Crippen molar-refractivity contribution < 1.29 is 4.79 Å². The molecule has 3 nitrogen and oxygen atoms in total. The number of anilines is 1. The fraction of sp³-hybridized carbons (Fsp3) is 0.350. The third-order valence-corrected chi connectivity index (χ3v) is 5.79. The van der Waals surface area contributed by atoms with Crippen LogP contribution in [-0.2, 0) is 0 Å². The van der Waals surface area contributed by atoms with E-state index in [9.17, 15) is 4.79 Å². The minimum Gasteiger partial charge on any atom is -0.371 e. The smallest absolute Gasteiger partial charge is 0.194 e. The first kappa shape index (κ1) is 13.3. The van der Waals surface area contributed by atoms with E-state index >= 15 is 0 Å². The van der Waals surface area contributed by atoms with Gasteiger partial charge < -0.3 is 10.2 Å². The normalized spacial score (nSPS) is 24.7. The van der Waals surface area contributed by atoms with Crippen LogP contribution in [0.3, 0.4) is 0 Å². The Morgan fingerprint density at radius 1 is 1.00 bits per heavy atom. The summed E-state index contributed by atoms with van der Waals surface area (Å²) in [6, 6.07) is 12.6. The first-order chi connectivity index (χ1) is 11.2. The molecule has 2 unspecified atom stereocenters. The van der Waals surface area contributed by atoms with Crippen molar-refractivity contribution in [1.82, 2.24) is 5.32 Å². The largest absolute Gasteiger partial charge is 0.371 e. The van der Waals surface area contributed by atoms with Crippen LogP contribution < -0.4 is 10.2 Å². The molecule has 1 aliphatic carbocycles. The summed E-state index contributed by atoms with van der Waals surface area (Å²) in [5, 5.41) is 3.48. The van der Waals surface area contributed by atoms with E-state index in [0.717, 1.165) is 65.8 Å². The molecule has 1 N–H and O–H groups in total. The second-order valence-corrected chi connectivity index (χ2v) is 7.14. The van der Waals surface area contributed by atoms with E-state index in [2.05, 4.69) is 34.5 Å². The van der Waals surface area contributed by atoms with Crippen LogP contribution in [0.2, 0.25) is 0 Å². The van der Waals surface area contributed by atoms with Gasteiger partial charge in [-0.2, -0.15) is 0 Å². The van der Waals surface area contributed by atoms with E-state index in [-0.39, 0.29) is 5.78 Å². The predicted octanol–water partition coefficient (Wildman–Crippen LogP) is 2.86. The summed E-state index contributed by atoms with van der Waals surface area (Å²) in [6.45, 7) is 6.51. The van der Waals surface area contributed by atoms with Gasteiger partial charge in [0.1, 0.15) is 0 Å². The van der Waals surface area contributed by atoms with Crippen molar-refractivity contribution >= 4 is 11.5 Å². The summed E-state index contributed by atoms with van der Waals surface area (Å²) in [5.74, 6) is 1.72. The Morgan fingerprint density at radius 2 is 1.78 bits per heavy atom. The van der Waals surface area contributed by atoms with Gasteiger partial charge in [0.2, 0.25) is 0 Å². The lowest BCUT2D eigenvalue weighted by molar-refractivity contribution is 0.104. The van der Waals surface area contributed by atoms with Gasteiger partial charge in [-0.3, -0.25) is 4.79 Å². The van der Waals surface area contributed by atoms with Crippen molar-refractivity contribution in [2.24, 2.45) is 11.8 Å². The Bertz CT molecular complexity index is 814. The maximum absolute atomic E-state index is 12.8. The maximum Gasteiger partial charge on any atom is 0.194 e. The topological polar surface area (TPSA) is 32.3 Å². The first-order valence-corrected chi connectivity index (χ1v) is 8.47. The molecule has 2 fully saturated rings. The Hall–Kier alpha value is -2.13. The zero-order valence-corrected chi connectivity index (χ0v) is 13.3. The molecule has 23 heavy (non-hydrogen) atoms. The average Bonchev–Trinajstić information content (AvgIpc) is 3.21. The number of rotatable bonds is 1. The van der Waals surface area contributed by atoms with Gasteiger partial charge in [0.15, 0.2) is 5.78 Å². The van der Waals surface area contributed by atoms with Gasteiger partial charge in [-0.25, -0.2) is 0 Å². The standard InChI is InChI=1S/C20H20N2O/c1-12-3-2-4-17-16-6-5-15(7-18(16)20(23)19(12)17)22-10-13-8-21-9-14(13)11-22/h2-7,13-14,21H,8-11H2,1H3. The van der Waals surface area contributed by atoms with Crippen LogP contribution in [0.25, 0.3) is 11.1 Å². The van der Waals surface area contributed by atoms with Gasteiger partial charge in [0, 0.05) is 43.0 Å². The molecule has 2 aliphatic heterocycles. The van der Waals surface area contributed by atoms with E-state index in [0.29, 0.717) is 0 Å². The summed E-state index contributed by atoms with van der Waals surface area (Å²) < 4.78 is 0. The highest BCUT2D eigenvalue weighted by atomic mass is 16.1. The molecule has 0 saturated carbocycles. The Labute approximate surface area is 136 Å². The number of nitrogens with one attached hydrogen (secondary N) is 1. The molecule has 0 bridgehead atoms. The number of aryl methyl sites for hydroxylation is 1. The van der Waals surface area contributed by atoms with E-state index in [1.54, 1.807) is 0 Å². The summed E-state index contributed by atoms with van der Waals surface area (Å²) in [6.07, 6.45) is 0. The highest BCUT2D eigenvalue weighted by molar-refractivity contribution is 6.22. The van der Waals surface area contributed by atoms with Crippen LogP contribution >= 0.6 is 0 Å². The lowest BCUT2D eigenvalue weighted by Gasteiger charge is -2.20. The van der Waals surface area contributed by atoms with Gasteiger partial charge in [-0.05, 0) is 47.6 Å². The maximum atomic E-state index is 12.8. The van der Waals surface area contributed by atoms with Gasteiger partial charge in [-0.1, -0.05) is 24.3 Å². The molecule has 2 heterocycles. The lowest BCUT2D eigenvalue weighted by Crippen LogP contribution is -2.25. The molecule has 2 saturated heterocycles. The van der Waals surface area contributed by atoms with Crippen molar-refractivity contribution in [3.8, 4) is 11.1 Å².